The fourth-order valence-corrected chi connectivity index (χ4v) is 40.8. The first kappa shape index (κ1) is 31.4. The SMILES string of the molecule is C[SiH](C)[Zr]([Cl])([Cl])([CH]1C(C2CCCCC2)=Cc2c(-c3ccco3)cccc21)[CH]1C(C2CCCCC2)=Cc2c(-c3ccco3)cccc21. The van der Waals surface area contributed by atoms with Crippen LogP contribution in [0.15, 0.2) is 93.2 Å². The Kier molecular flexibility index (Phi) is 8.36. The minimum atomic E-state index is -4.93. The Labute approximate surface area is 283 Å². The average molecular weight is 748 g/mol. The number of fused-ring (bicyclic) bond motifs is 2. The summed E-state index contributed by atoms with van der Waals surface area (Å²) in [6.07, 6.45) is 21.4. The molecule has 2 aromatic carbocycles. The van der Waals surface area contributed by atoms with Crippen molar-refractivity contribution in [3.8, 4) is 22.6 Å². The summed E-state index contributed by atoms with van der Waals surface area (Å²) in [6, 6.07) is 21.8. The van der Waals surface area contributed by atoms with Crippen LogP contribution in [0.4, 0.5) is 0 Å². The zero-order valence-corrected chi connectivity index (χ0v) is 32.2. The van der Waals surface area contributed by atoms with Crippen LogP contribution in [-0.4, -0.2) is 5.92 Å². The molecule has 239 valence electrons. The van der Waals surface area contributed by atoms with Gasteiger partial charge in [0.15, 0.2) is 0 Å². The molecular weight excluding hydrogens is 703 g/mol. The first-order valence-corrected chi connectivity index (χ1v) is 34.0. The Bertz CT molecular complexity index is 1660. The summed E-state index contributed by atoms with van der Waals surface area (Å²) < 4.78 is 12.3. The van der Waals surface area contributed by atoms with E-state index in [1.165, 1.54) is 97.6 Å². The molecule has 2 atom stereocenters. The van der Waals surface area contributed by atoms with E-state index >= 15 is 0 Å². The van der Waals surface area contributed by atoms with E-state index in [2.05, 4.69) is 73.8 Å². The van der Waals surface area contributed by atoms with E-state index in [1.807, 2.05) is 12.1 Å². The van der Waals surface area contributed by atoms with Gasteiger partial charge < -0.3 is 0 Å². The third-order valence-corrected chi connectivity index (χ3v) is 63.8. The predicted molar refractivity (Wildman–Crippen MR) is 193 cm³/mol. The second-order valence-electron chi connectivity index (χ2n) is 14.8. The fraction of sp³-hybridized carbons (Fsp3) is 0.400. The second-order valence-corrected chi connectivity index (χ2v) is 57.3. The third kappa shape index (κ3) is 4.95. The summed E-state index contributed by atoms with van der Waals surface area (Å²) in [7, 11) is 17.8. The van der Waals surface area contributed by atoms with Crippen LogP contribution in [-0.2, 0) is 15.6 Å². The number of furan rings is 2. The van der Waals surface area contributed by atoms with Crippen molar-refractivity contribution in [2.75, 3.05) is 0 Å². The average Bonchev–Trinajstić information content (AvgIpc) is 3.90. The van der Waals surface area contributed by atoms with Gasteiger partial charge in [-0.2, -0.15) is 0 Å². The van der Waals surface area contributed by atoms with Gasteiger partial charge in [-0.3, -0.25) is 0 Å². The standard InChI is InChI=1S/2C19H19O.C2H7Si.2ClH.Zr/c2*1-2-6-14(7-3-1)16-12-15-8-4-9-17(18(15)13-16)19-10-5-11-20-19;1-3-2;;;/h2*4-5,8-14H,1-3,6-7H2;3H,1-2H3;2*1H;/q;;;;;+2/p-2. The normalized spacial score (nSPS) is 23.1. The second kappa shape index (κ2) is 12.2. The number of halogens is 2. The number of hydrogen-bond acceptors (Lipinski definition) is 2. The number of rotatable bonds is 7. The number of hydrogen-bond donors (Lipinski definition) is 0. The molecule has 0 saturated heterocycles. The van der Waals surface area contributed by atoms with Gasteiger partial charge in [-0.15, -0.1) is 0 Å². The van der Waals surface area contributed by atoms with E-state index in [0.29, 0.717) is 11.8 Å². The van der Waals surface area contributed by atoms with E-state index in [0.717, 1.165) is 11.5 Å². The van der Waals surface area contributed by atoms with Crippen molar-refractivity contribution in [1.29, 1.82) is 0 Å². The molecule has 2 unspecified atom stereocenters. The molecule has 2 nitrogen and oxygen atoms in total. The molecule has 0 aliphatic heterocycles. The van der Waals surface area contributed by atoms with E-state index in [4.69, 9.17) is 25.9 Å². The van der Waals surface area contributed by atoms with Gasteiger partial charge >= 0.3 is 285 Å². The van der Waals surface area contributed by atoms with Crippen LogP contribution in [0.3, 0.4) is 0 Å². The van der Waals surface area contributed by atoms with Crippen LogP contribution < -0.4 is 0 Å². The van der Waals surface area contributed by atoms with Gasteiger partial charge in [0.1, 0.15) is 0 Å². The van der Waals surface area contributed by atoms with Crippen molar-refractivity contribution < 1.29 is 24.4 Å². The van der Waals surface area contributed by atoms with Crippen molar-refractivity contribution in [2.24, 2.45) is 11.8 Å². The zero-order chi connectivity index (χ0) is 31.5. The third-order valence-electron chi connectivity index (χ3n) is 12.1. The Morgan fingerprint density at radius 3 is 1.39 bits per heavy atom. The molecule has 2 saturated carbocycles. The summed E-state index contributed by atoms with van der Waals surface area (Å²) in [5.41, 5.74) is 10.8. The quantitative estimate of drug-likeness (QED) is 0.176. The van der Waals surface area contributed by atoms with Crippen LogP contribution in [0.25, 0.3) is 34.8 Å². The predicted octanol–water partition coefficient (Wildman–Crippen LogP) is 12.9. The van der Waals surface area contributed by atoms with E-state index < -0.39 is 21.5 Å². The molecule has 0 N–H and O–H groups in total. The molecule has 2 fully saturated rings. The molecule has 2 heterocycles. The Hall–Kier alpha value is -1.84. The molecule has 0 radical (unpaired) electrons. The summed E-state index contributed by atoms with van der Waals surface area (Å²) in [5, 5.41) is 0. The molecule has 4 aromatic rings. The molecule has 46 heavy (non-hydrogen) atoms. The monoisotopic (exact) mass is 745 g/mol. The van der Waals surface area contributed by atoms with Gasteiger partial charge in [-0.25, -0.2) is 0 Å². The summed E-state index contributed by atoms with van der Waals surface area (Å²) >= 11 is -4.93. The van der Waals surface area contributed by atoms with Crippen LogP contribution >= 0.6 is 17.0 Å². The summed E-state index contributed by atoms with van der Waals surface area (Å²) in [6.45, 7) is 4.98. The molecule has 2 aromatic heterocycles. The fourth-order valence-electron chi connectivity index (χ4n) is 9.79. The van der Waals surface area contributed by atoms with Crippen LogP contribution in [0, 0.1) is 11.8 Å². The summed E-state index contributed by atoms with van der Waals surface area (Å²) in [4.78, 5) is 0. The Balaban J connectivity index is 1.38. The van der Waals surface area contributed by atoms with Gasteiger partial charge in [-0.1, -0.05) is 0 Å². The molecular formula is C40H45Cl2O2SiZr. The molecule has 4 aliphatic rings. The Morgan fingerprint density at radius 1 is 0.587 bits per heavy atom. The molecule has 6 heteroatoms. The number of benzene rings is 2. The van der Waals surface area contributed by atoms with Crippen LogP contribution in [0.2, 0.25) is 13.1 Å². The first-order valence-electron chi connectivity index (χ1n) is 17.7. The number of allylic oxidation sites excluding steroid dienone is 2. The van der Waals surface area contributed by atoms with Gasteiger partial charge in [0.2, 0.25) is 0 Å². The van der Waals surface area contributed by atoms with Gasteiger partial charge in [0, 0.05) is 0 Å². The maximum atomic E-state index is 8.89. The van der Waals surface area contributed by atoms with Crippen LogP contribution in [0.1, 0.15) is 93.7 Å². The van der Waals surface area contributed by atoms with Gasteiger partial charge in [0.25, 0.3) is 0 Å². The first-order chi connectivity index (χ1) is 22.4. The molecule has 0 amide bonds. The van der Waals surface area contributed by atoms with E-state index in [1.54, 1.807) is 23.7 Å². The van der Waals surface area contributed by atoms with Gasteiger partial charge in [-0.05, 0) is 0 Å². The topological polar surface area (TPSA) is 26.3 Å². The minimum absolute atomic E-state index is 0.111. The summed E-state index contributed by atoms with van der Waals surface area (Å²) in [5.74, 6) is 1.25. The van der Waals surface area contributed by atoms with Crippen LogP contribution in [0.5, 0.6) is 0 Å². The van der Waals surface area contributed by atoms with Gasteiger partial charge in [0.05, 0.1) is 0 Å². The maximum absolute atomic E-state index is 8.89. The molecule has 0 spiro atoms. The van der Waals surface area contributed by atoms with Crippen molar-refractivity contribution in [2.45, 2.75) is 84.6 Å². The molecule has 4 aliphatic carbocycles. The van der Waals surface area contributed by atoms with Crippen molar-refractivity contribution in [3.63, 3.8) is 0 Å². The van der Waals surface area contributed by atoms with Crippen molar-refractivity contribution in [3.05, 3.63) is 107 Å². The Morgan fingerprint density at radius 2 is 1.02 bits per heavy atom. The van der Waals surface area contributed by atoms with Crippen molar-refractivity contribution >= 4 is 35.1 Å². The molecule has 8 rings (SSSR count). The van der Waals surface area contributed by atoms with E-state index in [-0.39, 0.29) is 7.25 Å². The van der Waals surface area contributed by atoms with E-state index in [9.17, 15) is 0 Å². The molecule has 0 bridgehead atoms. The zero-order valence-electron chi connectivity index (χ0n) is 27.1. The van der Waals surface area contributed by atoms with Crippen molar-refractivity contribution in [1.82, 2.24) is 0 Å².